The van der Waals surface area contributed by atoms with Crippen molar-refractivity contribution in [3.05, 3.63) is 45.8 Å². The highest BCUT2D eigenvalue weighted by Crippen LogP contribution is 2.32. The van der Waals surface area contributed by atoms with Crippen molar-refractivity contribution in [1.29, 1.82) is 0 Å². The predicted molar refractivity (Wildman–Crippen MR) is 62.4 cm³/mol. The lowest BCUT2D eigenvalue weighted by Crippen LogP contribution is -1.97. The van der Waals surface area contributed by atoms with Crippen LogP contribution in [0.4, 0.5) is 17.6 Å². The zero-order valence-electron chi connectivity index (χ0n) is 8.97. The first-order valence-corrected chi connectivity index (χ1v) is 5.62. The number of aromatic nitrogens is 2. The molecule has 2 aromatic rings. The Morgan fingerprint density at radius 3 is 2.37 bits per heavy atom. The van der Waals surface area contributed by atoms with Crippen LogP contribution in [0.2, 0.25) is 10.2 Å². The summed E-state index contributed by atoms with van der Waals surface area (Å²) >= 11 is 11.1. The second kappa shape index (κ2) is 5.30. The molecule has 0 amide bonds. The molecule has 8 heteroatoms. The van der Waals surface area contributed by atoms with Gasteiger partial charge in [-0.25, -0.2) is 27.5 Å². The number of hydrogen-bond acceptors (Lipinski definition) is 2. The summed E-state index contributed by atoms with van der Waals surface area (Å²) in [5.74, 6) is -2.38. The third-order valence-electron chi connectivity index (χ3n) is 2.27. The topological polar surface area (TPSA) is 25.8 Å². The molecule has 0 spiro atoms. The first-order valence-electron chi connectivity index (χ1n) is 4.86. The van der Waals surface area contributed by atoms with E-state index in [1.54, 1.807) is 0 Å². The van der Waals surface area contributed by atoms with Crippen molar-refractivity contribution in [2.24, 2.45) is 0 Å². The molecule has 1 heterocycles. The highest BCUT2D eigenvalue weighted by atomic mass is 35.5. The minimum atomic E-state index is -2.88. The van der Waals surface area contributed by atoms with Crippen molar-refractivity contribution < 1.29 is 17.6 Å². The van der Waals surface area contributed by atoms with Gasteiger partial charge < -0.3 is 0 Å². The SMILES string of the molecule is Fc1ccc(-c2cnc(C(F)F)c(Cl)n2)c(Cl)c1F. The van der Waals surface area contributed by atoms with Gasteiger partial charge in [-0.1, -0.05) is 23.2 Å². The fraction of sp³-hybridized carbons (Fsp3) is 0.0909. The van der Waals surface area contributed by atoms with Gasteiger partial charge >= 0.3 is 0 Å². The van der Waals surface area contributed by atoms with Crippen LogP contribution in [0, 0.1) is 11.6 Å². The second-order valence-corrected chi connectivity index (χ2v) is 4.19. The molecule has 0 fully saturated rings. The molecule has 2 nitrogen and oxygen atoms in total. The van der Waals surface area contributed by atoms with Gasteiger partial charge in [-0.15, -0.1) is 0 Å². The van der Waals surface area contributed by atoms with E-state index in [-0.39, 0.29) is 11.3 Å². The molecule has 19 heavy (non-hydrogen) atoms. The van der Waals surface area contributed by atoms with Crippen LogP contribution in [0.3, 0.4) is 0 Å². The lowest BCUT2D eigenvalue weighted by molar-refractivity contribution is 0.146. The molecule has 2 rings (SSSR count). The third-order valence-corrected chi connectivity index (χ3v) is 2.92. The van der Waals surface area contributed by atoms with E-state index in [9.17, 15) is 17.6 Å². The zero-order chi connectivity index (χ0) is 14.2. The van der Waals surface area contributed by atoms with Crippen LogP contribution in [0.15, 0.2) is 18.3 Å². The molecule has 0 radical (unpaired) electrons. The number of nitrogens with zero attached hydrogens (tertiary/aromatic N) is 2. The smallest absolute Gasteiger partial charge is 0.250 e. The summed E-state index contributed by atoms with van der Waals surface area (Å²) in [7, 11) is 0. The number of hydrogen-bond donors (Lipinski definition) is 0. The Morgan fingerprint density at radius 1 is 1.11 bits per heavy atom. The van der Waals surface area contributed by atoms with E-state index < -0.39 is 33.9 Å². The van der Waals surface area contributed by atoms with E-state index in [0.29, 0.717) is 0 Å². The number of halogens is 6. The summed E-state index contributed by atoms with van der Waals surface area (Å²) in [6, 6.07) is 2.00. The summed E-state index contributed by atoms with van der Waals surface area (Å²) in [6.07, 6.45) is -1.92. The van der Waals surface area contributed by atoms with Gasteiger partial charge in [0, 0.05) is 5.56 Å². The highest BCUT2D eigenvalue weighted by molar-refractivity contribution is 6.33. The Morgan fingerprint density at radius 2 is 1.79 bits per heavy atom. The van der Waals surface area contributed by atoms with Gasteiger partial charge in [0.15, 0.2) is 16.8 Å². The molecule has 0 aliphatic carbocycles. The maximum absolute atomic E-state index is 13.3. The third kappa shape index (κ3) is 2.64. The zero-order valence-corrected chi connectivity index (χ0v) is 10.5. The molecule has 0 bridgehead atoms. The van der Waals surface area contributed by atoms with E-state index in [1.807, 2.05) is 0 Å². The number of rotatable bonds is 2. The number of benzene rings is 1. The van der Waals surface area contributed by atoms with Crippen LogP contribution in [-0.4, -0.2) is 9.97 Å². The van der Waals surface area contributed by atoms with Gasteiger partial charge in [-0.3, -0.25) is 0 Å². The molecule has 0 aliphatic heterocycles. The molecule has 0 unspecified atom stereocenters. The van der Waals surface area contributed by atoms with Crippen molar-refractivity contribution in [3.8, 4) is 11.3 Å². The van der Waals surface area contributed by atoms with Gasteiger partial charge in [0.2, 0.25) is 0 Å². The van der Waals surface area contributed by atoms with E-state index in [2.05, 4.69) is 9.97 Å². The van der Waals surface area contributed by atoms with E-state index in [0.717, 1.165) is 18.3 Å². The van der Waals surface area contributed by atoms with Gasteiger partial charge in [0.25, 0.3) is 6.43 Å². The summed E-state index contributed by atoms with van der Waals surface area (Å²) < 4.78 is 51.1. The lowest BCUT2D eigenvalue weighted by Gasteiger charge is -2.07. The molecular weight excluding hydrogens is 307 g/mol. The van der Waals surface area contributed by atoms with Crippen LogP contribution >= 0.6 is 23.2 Å². The minimum Gasteiger partial charge on any atom is -0.250 e. The average Bonchev–Trinajstić information content (AvgIpc) is 2.35. The summed E-state index contributed by atoms with van der Waals surface area (Å²) in [5.41, 5.74) is -0.710. The van der Waals surface area contributed by atoms with Crippen molar-refractivity contribution >= 4 is 23.2 Å². The maximum Gasteiger partial charge on any atom is 0.283 e. The van der Waals surface area contributed by atoms with Gasteiger partial charge in [0.1, 0.15) is 5.69 Å². The van der Waals surface area contributed by atoms with Crippen molar-refractivity contribution in [2.45, 2.75) is 6.43 Å². The predicted octanol–water partition coefficient (Wildman–Crippen LogP) is 4.67. The monoisotopic (exact) mass is 310 g/mol. The van der Waals surface area contributed by atoms with Gasteiger partial charge in [-0.05, 0) is 12.1 Å². The van der Waals surface area contributed by atoms with Crippen molar-refractivity contribution in [3.63, 3.8) is 0 Å². The molecule has 0 saturated carbocycles. The van der Waals surface area contributed by atoms with Crippen LogP contribution in [0.25, 0.3) is 11.3 Å². The molecule has 0 atom stereocenters. The summed E-state index contributed by atoms with van der Waals surface area (Å²) in [6.45, 7) is 0. The Bertz CT molecular complexity index is 634. The Kier molecular flexibility index (Phi) is 3.91. The molecule has 0 N–H and O–H groups in total. The summed E-state index contributed by atoms with van der Waals surface area (Å²) in [4.78, 5) is 7.07. The molecule has 0 aliphatic rings. The normalized spacial score (nSPS) is 11.1. The van der Waals surface area contributed by atoms with Crippen molar-refractivity contribution in [2.75, 3.05) is 0 Å². The maximum atomic E-state index is 13.3. The second-order valence-electron chi connectivity index (χ2n) is 3.45. The van der Waals surface area contributed by atoms with Crippen LogP contribution < -0.4 is 0 Å². The lowest BCUT2D eigenvalue weighted by atomic mass is 10.1. The highest BCUT2D eigenvalue weighted by Gasteiger charge is 2.18. The molecule has 100 valence electrons. The quantitative estimate of drug-likeness (QED) is 0.595. The van der Waals surface area contributed by atoms with E-state index >= 15 is 0 Å². The summed E-state index contributed by atoms with van der Waals surface area (Å²) in [5, 5.41) is -1.04. The Hall–Kier alpha value is -1.40. The molecule has 0 saturated heterocycles. The van der Waals surface area contributed by atoms with Crippen LogP contribution in [-0.2, 0) is 0 Å². The van der Waals surface area contributed by atoms with Crippen LogP contribution in [0.5, 0.6) is 0 Å². The standard InChI is InChI=1S/C11H4Cl2F4N2/c12-7-4(1-2-5(14)8(7)15)6-3-18-9(11(16)17)10(13)19-6/h1-3,11H. The first kappa shape index (κ1) is 14.0. The average molecular weight is 311 g/mol. The molecule has 1 aromatic carbocycles. The minimum absolute atomic E-state index is 0.00998. The molecule has 1 aromatic heterocycles. The van der Waals surface area contributed by atoms with E-state index in [4.69, 9.17) is 23.2 Å². The van der Waals surface area contributed by atoms with Crippen molar-refractivity contribution in [1.82, 2.24) is 9.97 Å². The van der Waals surface area contributed by atoms with Gasteiger partial charge in [-0.2, -0.15) is 0 Å². The fourth-order valence-electron chi connectivity index (χ4n) is 1.38. The Labute approximate surface area is 115 Å². The fourth-order valence-corrected chi connectivity index (χ4v) is 1.85. The largest absolute Gasteiger partial charge is 0.283 e. The first-order chi connectivity index (χ1) is 8.91. The van der Waals surface area contributed by atoms with Crippen LogP contribution in [0.1, 0.15) is 12.1 Å². The van der Waals surface area contributed by atoms with Gasteiger partial charge in [0.05, 0.1) is 16.9 Å². The molecular formula is C11H4Cl2F4N2. The van der Waals surface area contributed by atoms with E-state index in [1.165, 1.54) is 0 Å². The number of alkyl halides is 2. The Balaban J connectivity index is 2.55.